The Hall–Kier alpha value is -3.76. The molecule has 11 heteroatoms. The van der Waals surface area contributed by atoms with Crippen LogP contribution in [0.5, 0.6) is 0 Å². The normalized spacial score (nSPS) is 22.6. The molecule has 0 spiro atoms. The number of rotatable bonds is 5. The fraction of sp³-hybridized carbons (Fsp3) is 0.348. The first-order chi connectivity index (χ1) is 16.3. The lowest BCUT2D eigenvalue weighted by molar-refractivity contribution is 0.0691. The van der Waals surface area contributed by atoms with E-state index >= 15 is 0 Å². The van der Waals surface area contributed by atoms with Crippen molar-refractivity contribution in [2.75, 3.05) is 0 Å². The van der Waals surface area contributed by atoms with Crippen molar-refractivity contribution < 1.29 is 18.0 Å². The van der Waals surface area contributed by atoms with Crippen molar-refractivity contribution in [1.82, 2.24) is 35.0 Å². The first-order valence-corrected chi connectivity index (χ1v) is 10.9. The highest BCUT2D eigenvalue weighted by Gasteiger charge is 2.71. The molecule has 2 unspecified atom stereocenters. The molecular weight excluding hydrogens is 447 g/mol. The van der Waals surface area contributed by atoms with Crippen LogP contribution in [0.4, 0.5) is 13.2 Å². The molecule has 2 atom stereocenters. The molecule has 8 nitrogen and oxygen atoms in total. The number of H-pyrrole nitrogens is 1. The average Bonchev–Trinajstić information content (AvgIpc) is 3.36. The zero-order valence-electron chi connectivity index (χ0n) is 18.1. The second kappa shape index (κ2) is 7.37. The lowest BCUT2D eigenvalue weighted by Gasteiger charge is -2.10. The number of aryl methyl sites for hydroxylation is 1. The fourth-order valence-electron chi connectivity index (χ4n) is 5.00. The van der Waals surface area contributed by atoms with Gasteiger partial charge in [0.25, 0.3) is 11.8 Å². The highest BCUT2D eigenvalue weighted by molar-refractivity contribution is 6.02. The van der Waals surface area contributed by atoms with Gasteiger partial charge in [-0.15, -0.1) is 0 Å². The Morgan fingerprint density at radius 3 is 2.74 bits per heavy atom. The zero-order valence-corrected chi connectivity index (χ0v) is 18.1. The molecular formula is C23H20F3N7O. The van der Waals surface area contributed by atoms with Crippen LogP contribution >= 0.6 is 0 Å². The third-order valence-electron chi connectivity index (χ3n) is 6.80. The van der Waals surface area contributed by atoms with E-state index in [1.54, 1.807) is 30.2 Å². The Bertz CT molecular complexity index is 1420. The van der Waals surface area contributed by atoms with Crippen molar-refractivity contribution in [2.24, 2.45) is 18.9 Å². The summed E-state index contributed by atoms with van der Waals surface area (Å²) in [5.74, 6) is -4.17. The maximum Gasteiger partial charge on any atom is 0.272 e. The van der Waals surface area contributed by atoms with Gasteiger partial charge in [0.15, 0.2) is 11.3 Å². The van der Waals surface area contributed by atoms with E-state index in [0.29, 0.717) is 41.0 Å². The van der Waals surface area contributed by atoms with E-state index in [0.717, 1.165) is 5.56 Å². The number of imidazole rings is 1. The second-order valence-electron chi connectivity index (χ2n) is 9.03. The van der Waals surface area contributed by atoms with Gasteiger partial charge in [-0.2, -0.15) is 5.10 Å². The maximum absolute atomic E-state index is 14.2. The molecule has 0 bridgehead atoms. The summed E-state index contributed by atoms with van der Waals surface area (Å²) in [6.45, 7) is 0.0808. The summed E-state index contributed by atoms with van der Waals surface area (Å²) < 4.78 is 42.9. The molecule has 174 valence electrons. The van der Waals surface area contributed by atoms with Crippen molar-refractivity contribution in [3.8, 4) is 11.1 Å². The number of carbonyl (C=O) groups excluding carboxylic acids is 1. The van der Waals surface area contributed by atoms with Crippen molar-refractivity contribution >= 4 is 17.1 Å². The second-order valence-corrected chi connectivity index (χ2v) is 9.03. The molecule has 2 aliphatic carbocycles. The van der Waals surface area contributed by atoms with Gasteiger partial charge in [-0.3, -0.25) is 9.48 Å². The summed E-state index contributed by atoms with van der Waals surface area (Å²) in [5.41, 5.74) is 2.76. The third-order valence-corrected chi connectivity index (χ3v) is 6.80. The maximum atomic E-state index is 14.2. The Kier molecular flexibility index (Phi) is 4.51. The number of nitrogens with one attached hydrogen (secondary N) is 2. The quantitative estimate of drug-likeness (QED) is 0.467. The van der Waals surface area contributed by atoms with Crippen molar-refractivity contribution in [3.05, 3.63) is 59.8 Å². The summed E-state index contributed by atoms with van der Waals surface area (Å²) in [5, 5.41) is 6.86. The summed E-state index contributed by atoms with van der Waals surface area (Å²) in [4.78, 5) is 28.6. The number of halogens is 3. The molecule has 1 aromatic carbocycles. The van der Waals surface area contributed by atoms with Gasteiger partial charge in [-0.1, -0.05) is 0 Å². The molecule has 2 saturated carbocycles. The third kappa shape index (κ3) is 3.42. The minimum Gasteiger partial charge on any atom is -0.347 e. The average molecular weight is 467 g/mol. The van der Waals surface area contributed by atoms with Crippen molar-refractivity contribution in [2.45, 2.75) is 31.2 Å². The summed E-state index contributed by atoms with van der Waals surface area (Å²) in [7, 11) is 1.78. The largest absolute Gasteiger partial charge is 0.347 e. The molecule has 4 aromatic rings. The summed E-state index contributed by atoms with van der Waals surface area (Å²) in [6.07, 6.45) is 5.39. The lowest BCUT2D eigenvalue weighted by atomic mass is 10.0. The van der Waals surface area contributed by atoms with Gasteiger partial charge < -0.3 is 10.3 Å². The number of fused-ring (bicyclic) bond motifs is 2. The molecule has 0 saturated heterocycles. The topological polar surface area (TPSA) is 101 Å². The number of hydrogen-bond acceptors (Lipinski definition) is 5. The van der Waals surface area contributed by atoms with E-state index in [1.165, 1.54) is 18.5 Å². The van der Waals surface area contributed by atoms with Crippen LogP contribution in [0, 0.1) is 17.7 Å². The Balaban J connectivity index is 1.20. The number of alkyl halides is 2. The van der Waals surface area contributed by atoms with Crippen LogP contribution in [-0.4, -0.2) is 41.5 Å². The number of hydrogen-bond donors (Lipinski definition) is 2. The van der Waals surface area contributed by atoms with Crippen LogP contribution in [-0.2, 0) is 13.6 Å². The fourth-order valence-corrected chi connectivity index (χ4v) is 5.00. The monoisotopic (exact) mass is 467 g/mol. The van der Waals surface area contributed by atoms with E-state index in [4.69, 9.17) is 0 Å². The van der Waals surface area contributed by atoms with E-state index < -0.39 is 29.5 Å². The highest BCUT2D eigenvalue weighted by Crippen LogP contribution is 2.67. The number of aromatic amines is 1. The predicted octanol–water partition coefficient (Wildman–Crippen LogP) is 3.58. The number of benzene rings is 1. The molecule has 0 aliphatic heterocycles. The molecule has 3 heterocycles. The van der Waals surface area contributed by atoms with Crippen LogP contribution in [0.2, 0.25) is 0 Å². The molecule has 0 radical (unpaired) electrons. The van der Waals surface area contributed by atoms with Crippen molar-refractivity contribution in [3.63, 3.8) is 0 Å². The molecule has 1 amide bonds. The molecule has 3 aromatic heterocycles. The molecule has 2 N–H and O–H groups in total. The van der Waals surface area contributed by atoms with Crippen LogP contribution in [0.15, 0.2) is 36.9 Å². The standard InChI is InChI=1S/C23H20F3N7O/c1-33-9-14(8-30-33)12-2-11(3-15(24)4-12)7-27-22(34)19-18-21(29-10-28-19)32-20(31-18)13-5-16-17(6-13)23(16,25)26/h2-4,8-10,13,16-17H,5-7H2,1H3,(H,27,34)(H,28,29,31,32). The SMILES string of the molecule is Cn1cc(-c2cc(F)cc(CNC(=O)c3ncnc4nc(C5CC6C(C5)C6(F)F)[nH]c34)c2)cn1. The van der Waals surface area contributed by atoms with Gasteiger partial charge in [0, 0.05) is 43.1 Å². The van der Waals surface area contributed by atoms with Gasteiger partial charge in [-0.05, 0) is 42.2 Å². The highest BCUT2D eigenvalue weighted by atomic mass is 19.3. The minimum absolute atomic E-state index is 0.0808. The first-order valence-electron chi connectivity index (χ1n) is 10.9. The van der Waals surface area contributed by atoms with Crippen LogP contribution in [0.1, 0.15) is 40.6 Å². The van der Waals surface area contributed by atoms with E-state index in [1.807, 2.05) is 0 Å². The molecule has 6 rings (SSSR count). The van der Waals surface area contributed by atoms with Crippen LogP contribution in [0.3, 0.4) is 0 Å². The zero-order chi connectivity index (χ0) is 23.6. The van der Waals surface area contributed by atoms with Gasteiger partial charge in [0.05, 0.1) is 6.20 Å². The van der Waals surface area contributed by atoms with E-state index in [-0.39, 0.29) is 18.2 Å². The van der Waals surface area contributed by atoms with Crippen LogP contribution < -0.4 is 5.32 Å². The molecule has 34 heavy (non-hydrogen) atoms. The summed E-state index contributed by atoms with van der Waals surface area (Å²) in [6, 6.07) is 4.54. The number of aromatic nitrogens is 6. The first kappa shape index (κ1) is 20.8. The van der Waals surface area contributed by atoms with Gasteiger partial charge >= 0.3 is 0 Å². The van der Waals surface area contributed by atoms with Crippen LogP contribution in [0.25, 0.3) is 22.3 Å². The smallest absolute Gasteiger partial charge is 0.272 e. The number of nitrogens with zero attached hydrogens (tertiary/aromatic N) is 5. The number of carbonyl (C=O) groups is 1. The van der Waals surface area contributed by atoms with Crippen molar-refractivity contribution in [1.29, 1.82) is 0 Å². The summed E-state index contributed by atoms with van der Waals surface area (Å²) >= 11 is 0. The van der Waals surface area contributed by atoms with E-state index in [9.17, 15) is 18.0 Å². The molecule has 2 fully saturated rings. The minimum atomic E-state index is -2.55. The van der Waals surface area contributed by atoms with Gasteiger partial charge in [-0.25, -0.2) is 28.1 Å². The number of amides is 1. The predicted molar refractivity (Wildman–Crippen MR) is 115 cm³/mol. The Morgan fingerprint density at radius 2 is 2.00 bits per heavy atom. The Labute approximate surface area is 191 Å². The molecule has 2 aliphatic rings. The van der Waals surface area contributed by atoms with Gasteiger partial charge in [0.2, 0.25) is 0 Å². The van der Waals surface area contributed by atoms with Gasteiger partial charge in [0.1, 0.15) is 23.5 Å². The Morgan fingerprint density at radius 1 is 1.21 bits per heavy atom. The lowest BCUT2D eigenvalue weighted by Crippen LogP contribution is -2.24. The van der Waals surface area contributed by atoms with E-state index in [2.05, 4.69) is 30.4 Å².